The van der Waals surface area contributed by atoms with Crippen LogP contribution in [0.15, 0.2) is 42.5 Å². The van der Waals surface area contributed by atoms with Gasteiger partial charge in [0, 0.05) is 21.7 Å². The number of nitrogens with zero attached hydrogens (tertiary/aromatic N) is 1. The molecule has 0 aliphatic rings. The number of fused-ring (bicyclic) bond motifs is 4. The summed E-state index contributed by atoms with van der Waals surface area (Å²) in [5.74, 6) is 0.867. The highest BCUT2D eigenvalue weighted by Crippen LogP contribution is 2.33. The standard InChI is InChI=1S/C17H14N2O/c1-10-12-5-3-4-6-14(12)18-17-16(10)13-9-11(20-2)7-8-15(13)19-17/h3-9H,1-2H3,(H,18,19). The van der Waals surface area contributed by atoms with Gasteiger partial charge in [0.15, 0.2) is 0 Å². The third kappa shape index (κ3) is 1.43. The van der Waals surface area contributed by atoms with Crippen molar-refractivity contribution in [2.75, 3.05) is 7.11 Å². The first kappa shape index (κ1) is 11.3. The lowest BCUT2D eigenvalue weighted by molar-refractivity contribution is 0.415. The van der Waals surface area contributed by atoms with Gasteiger partial charge in [0.25, 0.3) is 0 Å². The molecule has 0 spiro atoms. The molecule has 0 fully saturated rings. The molecule has 4 aromatic rings. The molecule has 2 heterocycles. The molecule has 3 nitrogen and oxygen atoms in total. The Morgan fingerprint density at radius 3 is 2.75 bits per heavy atom. The first-order valence-corrected chi connectivity index (χ1v) is 6.62. The van der Waals surface area contributed by atoms with E-state index in [4.69, 9.17) is 9.72 Å². The van der Waals surface area contributed by atoms with Crippen molar-refractivity contribution in [1.29, 1.82) is 0 Å². The highest BCUT2D eigenvalue weighted by atomic mass is 16.5. The van der Waals surface area contributed by atoms with Crippen molar-refractivity contribution in [3.8, 4) is 5.75 Å². The zero-order chi connectivity index (χ0) is 13.7. The number of hydrogen-bond donors (Lipinski definition) is 1. The lowest BCUT2D eigenvalue weighted by Crippen LogP contribution is -1.85. The van der Waals surface area contributed by atoms with Crippen LogP contribution in [0.5, 0.6) is 5.75 Å². The van der Waals surface area contributed by atoms with Gasteiger partial charge in [0.2, 0.25) is 0 Å². The van der Waals surface area contributed by atoms with Gasteiger partial charge >= 0.3 is 0 Å². The molecule has 0 bridgehead atoms. The van der Waals surface area contributed by atoms with Crippen molar-refractivity contribution in [3.63, 3.8) is 0 Å². The van der Waals surface area contributed by atoms with Crippen LogP contribution in [0, 0.1) is 6.92 Å². The van der Waals surface area contributed by atoms with E-state index < -0.39 is 0 Å². The molecule has 0 radical (unpaired) electrons. The molecular formula is C17H14N2O. The maximum Gasteiger partial charge on any atom is 0.139 e. The molecule has 0 unspecified atom stereocenters. The number of pyridine rings is 1. The van der Waals surface area contributed by atoms with Crippen LogP contribution in [0.4, 0.5) is 0 Å². The normalized spacial score (nSPS) is 11.5. The number of rotatable bonds is 1. The summed E-state index contributed by atoms with van der Waals surface area (Å²) in [5.41, 5.74) is 4.30. The monoisotopic (exact) mass is 262 g/mol. The summed E-state index contributed by atoms with van der Waals surface area (Å²) in [6.45, 7) is 2.15. The minimum absolute atomic E-state index is 0.867. The van der Waals surface area contributed by atoms with Gasteiger partial charge in [-0.2, -0.15) is 0 Å². The Morgan fingerprint density at radius 2 is 1.90 bits per heavy atom. The molecule has 98 valence electrons. The fraction of sp³-hybridized carbons (Fsp3) is 0.118. The molecule has 4 rings (SSSR count). The highest BCUT2D eigenvalue weighted by molar-refractivity contribution is 6.12. The third-order valence-electron chi connectivity index (χ3n) is 3.90. The van der Waals surface area contributed by atoms with Crippen molar-refractivity contribution in [2.45, 2.75) is 6.92 Å². The largest absolute Gasteiger partial charge is 0.497 e. The smallest absolute Gasteiger partial charge is 0.139 e. The number of nitrogens with one attached hydrogen (secondary N) is 1. The van der Waals surface area contributed by atoms with Crippen LogP contribution >= 0.6 is 0 Å². The quantitative estimate of drug-likeness (QED) is 0.558. The summed E-state index contributed by atoms with van der Waals surface area (Å²) in [4.78, 5) is 8.13. The van der Waals surface area contributed by atoms with Gasteiger partial charge in [-0.15, -0.1) is 0 Å². The first-order chi connectivity index (χ1) is 9.78. The van der Waals surface area contributed by atoms with E-state index in [1.807, 2.05) is 24.3 Å². The van der Waals surface area contributed by atoms with Crippen LogP contribution in [0.1, 0.15) is 5.56 Å². The SMILES string of the molecule is COc1ccc2[nH]c3nc4ccccc4c(C)c3c2c1. The Kier molecular flexibility index (Phi) is 2.24. The Balaban J connectivity index is 2.24. The predicted octanol–water partition coefficient (Wildman–Crippen LogP) is 4.19. The van der Waals surface area contributed by atoms with Crippen molar-refractivity contribution >= 4 is 32.8 Å². The van der Waals surface area contributed by atoms with Gasteiger partial charge in [-0.3, -0.25) is 0 Å². The van der Waals surface area contributed by atoms with E-state index in [-0.39, 0.29) is 0 Å². The van der Waals surface area contributed by atoms with E-state index in [9.17, 15) is 0 Å². The maximum atomic E-state index is 5.33. The van der Waals surface area contributed by atoms with E-state index in [1.165, 1.54) is 16.3 Å². The van der Waals surface area contributed by atoms with Crippen molar-refractivity contribution in [2.24, 2.45) is 0 Å². The van der Waals surface area contributed by atoms with Crippen LogP contribution in [0.3, 0.4) is 0 Å². The van der Waals surface area contributed by atoms with E-state index >= 15 is 0 Å². The molecule has 0 atom stereocenters. The number of aromatic amines is 1. The van der Waals surface area contributed by atoms with Crippen molar-refractivity contribution in [1.82, 2.24) is 9.97 Å². The number of aryl methyl sites for hydroxylation is 1. The van der Waals surface area contributed by atoms with E-state index in [0.29, 0.717) is 0 Å². The molecule has 0 aliphatic heterocycles. The Bertz CT molecular complexity index is 953. The fourth-order valence-electron chi connectivity index (χ4n) is 2.89. The highest BCUT2D eigenvalue weighted by Gasteiger charge is 2.11. The zero-order valence-corrected chi connectivity index (χ0v) is 11.4. The van der Waals surface area contributed by atoms with Crippen LogP contribution in [0.2, 0.25) is 0 Å². The molecule has 20 heavy (non-hydrogen) atoms. The summed E-state index contributed by atoms with van der Waals surface area (Å²) in [7, 11) is 1.69. The van der Waals surface area contributed by atoms with Gasteiger partial charge < -0.3 is 9.72 Å². The Hall–Kier alpha value is -2.55. The molecule has 3 heteroatoms. The minimum atomic E-state index is 0.867. The van der Waals surface area contributed by atoms with E-state index in [0.717, 1.165) is 27.8 Å². The number of aromatic nitrogens is 2. The number of ether oxygens (including phenoxy) is 1. The first-order valence-electron chi connectivity index (χ1n) is 6.62. The average molecular weight is 262 g/mol. The second-order valence-corrected chi connectivity index (χ2v) is 5.01. The molecule has 0 saturated heterocycles. The number of H-pyrrole nitrogens is 1. The van der Waals surface area contributed by atoms with Gasteiger partial charge in [-0.1, -0.05) is 18.2 Å². The second kappa shape index (κ2) is 3.97. The van der Waals surface area contributed by atoms with Gasteiger partial charge in [-0.25, -0.2) is 4.98 Å². The maximum absolute atomic E-state index is 5.33. The predicted molar refractivity (Wildman–Crippen MR) is 82.4 cm³/mol. The molecule has 2 aromatic heterocycles. The number of methoxy groups -OCH3 is 1. The van der Waals surface area contributed by atoms with Crippen LogP contribution in [0.25, 0.3) is 32.8 Å². The molecule has 2 aromatic carbocycles. The summed E-state index contributed by atoms with van der Waals surface area (Å²) in [6, 6.07) is 14.3. The summed E-state index contributed by atoms with van der Waals surface area (Å²) < 4.78 is 5.33. The molecular weight excluding hydrogens is 248 g/mol. The third-order valence-corrected chi connectivity index (χ3v) is 3.90. The summed E-state index contributed by atoms with van der Waals surface area (Å²) in [6.07, 6.45) is 0. The van der Waals surface area contributed by atoms with Gasteiger partial charge in [-0.05, 0) is 36.8 Å². The number of hydrogen-bond acceptors (Lipinski definition) is 2. The molecule has 0 amide bonds. The van der Waals surface area contributed by atoms with Crippen molar-refractivity contribution in [3.05, 3.63) is 48.0 Å². The Labute approximate surface area is 116 Å². The number of para-hydroxylation sites is 1. The summed E-state index contributed by atoms with van der Waals surface area (Å²) >= 11 is 0. The second-order valence-electron chi connectivity index (χ2n) is 5.01. The van der Waals surface area contributed by atoms with Crippen LogP contribution in [-0.4, -0.2) is 17.1 Å². The van der Waals surface area contributed by atoms with E-state index in [1.54, 1.807) is 7.11 Å². The average Bonchev–Trinajstić information content (AvgIpc) is 2.84. The fourth-order valence-corrected chi connectivity index (χ4v) is 2.89. The van der Waals surface area contributed by atoms with Crippen LogP contribution < -0.4 is 4.74 Å². The number of benzene rings is 2. The van der Waals surface area contributed by atoms with Crippen LogP contribution in [-0.2, 0) is 0 Å². The van der Waals surface area contributed by atoms with Gasteiger partial charge in [0.1, 0.15) is 11.4 Å². The zero-order valence-electron chi connectivity index (χ0n) is 11.4. The molecule has 0 aliphatic carbocycles. The lowest BCUT2D eigenvalue weighted by Gasteiger charge is -2.04. The van der Waals surface area contributed by atoms with Crippen molar-refractivity contribution < 1.29 is 4.74 Å². The summed E-state index contributed by atoms with van der Waals surface area (Å²) in [5, 5.41) is 3.54. The molecule has 0 saturated carbocycles. The minimum Gasteiger partial charge on any atom is -0.497 e. The Morgan fingerprint density at radius 1 is 1.05 bits per heavy atom. The topological polar surface area (TPSA) is 37.9 Å². The molecule has 1 N–H and O–H groups in total. The van der Waals surface area contributed by atoms with E-state index in [2.05, 4.69) is 30.1 Å². The van der Waals surface area contributed by atoms with Gasteiger partial charge in [0.05, 0.1) is 12.6 Å². The lowest BCUT2D eigenvalue weighted by atomic mass is 10.0.